The third-order valence-corrected chi connectivity index (χ3v) is 2.94. The van der Waals surface area contributed by atoms with Crippen LogP contribution < -0.4 is 5.73 Å². The zero-order chi connectivity index (χ0) is 9.84. The van der Waals surface area contributed by atoms with Crippen LogP contribution in [0.4, 0.5) is 4.39 Å². The highest BCUT2D eigenvalue weighted by atomic mass is 79.9. The van der Waals surface area contributed by atoms with Gasteiger partial charge in [0.05, 0.1) is 5.02 Å². The maximum absolute atomic E-state index is 13.3. The number of halogens is 3. The van der Waals surface area contributed by atoms with Crippen LogP contribution in [0.3, 0.4) is 0 Å². The maximum atomic E-state index is 13.3. The van der Waals surface area contributed by atoms with Gasteiger partial charge in [0.15, 0.2) is 0 Å². The van der Waals surface area contributed by atoms with Gasteiger partial charge in [0.25, 0.3) is 0 Å². The molecule has 0 aliphatic heterocycles. The van der Waals surface area contributed by atoms with E-state index in [1.807, 2.05) is 0 Å². The third kappa shape index (κ3) is 2.93. The molecule has 72 valence electrons. The van der Waals surface area contributed by atoms with Gasteiger partial charge < -0.3 is 5.73 Å². The number of hydrogen-bond acceptors (Lipinski definition) is 1. The Hall–Kier alpha value is -0.120. The molecule has 1 aromatic rings. The van der Waals surface area contributed by atoms with Crippen LogP contribution in [-0.2, 0) is 0 Å². The van der Waals surface area contributed by atoms with Crippen molar-refractivity contribution in [3.8, 4) is 0 Å². The maximum Gasteiger partial charge on any atom is 0.126 e. The van der Waals surface area contributed by atoms with E-state index in [4.69, 9.17) is 17.3 Å². The zero-order valence-corrected chi connectivity index (χ0v) is 9.28. The van der Waals surface area contributed by atoms with Gasteiger partial charge in [-0.2, -0.15) is 0 Å². The van der Waals surface area contributed by atoms with Gasteiger partial charge in [0, 0.05) is 4.47 Å². The van der Waals surface area contributed by atoms with Crippen LogP contribution in [-0.4, -0.2) is 6.54 Å². The fraction of sp³-hybridized carbons (Fsp3) is 0.333. The molecule has 0 bridgehead atoms. The van der Waals surface area contributed by atoms with E-state index >= 15 is 0 Å². The summed E-state index contributed by atoms with van der Waals surface area (Å²) in [4.78, 5) is 0. The van der Waals surface area contributed by atoms with Crippen LogP contribution >= 0.6 is 27.5 Å². The summed E-state index contributed by atoms with van der Waals surface area (Å²) in [5, 5.41) is 0.587. The van der Waals surface area contributed by atoms with Gasteiger partial charge in [0.1, 0.15) is 6.17 Å². The Labute approximate surface area is 90.2 Å². The normalized spacial score (nSPS) is 12.9. The molecule has 0 heterocycles. The lowest BCUT2D eigenvalue weighted by atomic mass is 10.1. The Morgan fingerprint density at radius 1 is 1.54 bits per heavy atom. The smallest absolute Gasteiger partial charge is 0.126 e. The molecule has 1 rings (SSSR count). The van der Waals surface area contributed by atoms with Crippen LogP contribution in [0.5, 0.6) is 0 Å². The molecule has 2 N–H and O–H groups in total. The van der Waals surface area contributed by atoms with Crippen molar-refractivity contribution in [2.75, 3.05) is 6.54 Å². The monoisotopic (exact) mass is 265 g/mol. The molecule has 4 heteroatoms. The van der Waals surface area contributed by atoms with E-state index in [1.165, 1.54) is 0 Å². The van der Waals surface area contributed by atoms with E-state index in [0.29, 0.717) is 28.0 Å². The van der Waals surface area contributed by atoms with Gasteiger partial charge in [-0.1, -0.05) is 17.7 Å². The summed E-state index contributed by atoms with van der Waals surface area (Å²) in [6.45, 7) is 0.349. The van der Waals surface area contributed by atoms with E-state index in [-0.39, 0.29) is 0 Å². The minimum Gasteiger partial charge on any atom is -0.330 e. The molecule has 0 aromatic heterocycles. The average molecular weight is 267 g/mol. The molecule has 0 amide bonds. The first-order valence-corrected chi connectivity index (χ1v) is 5.11. The number of benzene rings is 1. The van der Waals surface area contributed by atoms with Crippen molar-refractivity contribution < 1.29 is 4.39 Å². The van der Waals surface area contributed by atoms with E-state index in [2.05, 4.69) is 15.9 Å². The summed E-state index contributed by atoms with van der Waals surface area (Å²) in [5.41, 5.74) is 5.87. The van der Waals surface area contributed by atoms with E-state index in [0.717, 1.165) is 0 Å². The lowest BCUT2D eigenvalue weighted by Crippen LogP contribution is -2.03. The summed E-state index contributed by atoms with van der Waals surface area (Å²) in [6, 6.07) is 5.03. The predicted octanol–water partition coefficient (Wildman–Crippen LogP) is 3.46. The highest BCUT2D eigenvalue weighted by Crippen LogP contribution is 2.28. The Morgan fingerprint density at radius 3 is 2.77 bits per heavy atom. The minimum absolute atomic E-state index is 0.341. The molecule has 0 aliphatic carbocycles. The van der Waals surface area contributed by atoms with Crippen molar-refractivity contribution >= 4 is 27.5 Å². The second-order valence-electron chi connectivity index (χ2n) is 2.72. The fourth-order valence-electron chi connectivity index (χ4n) is 1.02. The van der Waals surface area contributed by atoms with Gasteiger partial charge in [0.2, 0.25) is 0 Å². The van der Waals surface area contributed by atoms with Crippen molar-refractivity contribution in [1.82, 2.24) is 0 Å². The molecule has 0 aliphatic rings. The van der Waals surface area contributed by atoms with Crippen molar-refractivity contribution in [1.29, 1.82) is 0 Å². The van der Waals surface area contributed by atoms with Crippen LogP contribution in [0.15, 0.2) is 22.7 Å². The fourth-order valence-corrected chi connectivity index (χ4v) is 1.53. The summed E-state index contributed by atoms with van der Waals surface area (Å²) in [5.74, 6) is 0. The summed E-state index contributed by atoms with van der Waals surface area (Å²) >= 11 is 9.00. The third-order valence-electron chi connectivity index (χ3n) is 1.73. The second kappa shape index (κ2) is 4.94. The highest BCUT2D eigenvalue weighted by Gasteiger charge is 2.09. The Bertz CT molecular complexity index is 293. The SMILES string of the molecule is NCCC(F)c1ccc(Cl)c(Br)c1. The predicted molar refractivity (Wildman–Crippen MR) is 56.7 cm³/mol. The molecule has 1 aromatic carbocycles. The highest BCUT2D eigenvalue weighted by molar-refractivity contribution is 9.10. The zero-order valence-electron chi connectivity index (χ0n) is 6.93. The van der Waals surface area contributed by atoms with Crippen LogP contribution in [0.25, 0.3) is 0 Å². The van der Waals surface area contributed by atoms with Crippen molar-refractivity contribution in [3.63, 3.8) is 0 Å². The van der Waals surface area contributed by atoms with Gasteiger partial charge in [-0.15, -0.1) is 0 Å². The van der Waals surface area contributed by atoms with E-state index in [9.17, 15) is 4.39 Å². The molecule has 1 nitrogen and oxygen atoms in total. The van der Waals surface area contributed by atoms with Crippen LogP contribution in [0, 0.1) is 0 Å². The molecule has 1 unspecified atom stereocenters. The summed E-state index contributed by atoms with van der Waals surface area (Å²) in [6.07, 6.45) is -0.660. The molecule has 0 radical (unpaired) electrons. The first-order chi connectivity index (χ1) is 6.15. The first-order valence-electron chi connectivity index (χ1n) is 3.94. The molecule has 13 heavy (non-hydrogen) atoms. The molecule has 1 atom stereocenters. The van der Waals surface area contributed by atoms with Crippen molar-refractivity contribution in [2.24, 2.45) is 5.73 Å². The van der Waals surface area contributed by atoms with Crippen LogP contribution in [0.2, 0.25) is 5.02 Å². The van der Waals surface area contributed by atoms with Crippen LogP contribution in [0.1, 0.15) is 18.2 Å². The van der Waals surface area contributed by atoms with Crippen molar-refractivity contribution in [3.05, 3.63) is 33.3 Å². The standard InChI is InChI=1S/C9H10BrClFN/c10-7-5-6(1-2-8(7)11)9(12)3-4-13/h1-2,5,9H,3-4,13H2. The molecular formula is C9H10BrClFN. The molecule has 0 saturated heterocycles. The first kappa shape index (κ1) is 11.0. The Kier molecular flexibility index (Phi) is 4.16. The summed E-state index contributed by atoms with van der Waals surface area (Å²) in [7, 11) is 0. The van der Waals surface area contributed by atoms with Gasteiger partial charge >= 0.3 is 0 Å². The van der Waals surface area contributed by atoms with Crippen molar-refractivity contribution in [2.45, 2.75) is 12.6 Å². The molecule has 0 spiro atoms. The van der Waals surface area contributed by atoms with E-state index < -0.39 is 6.17 Å². The topological polar surface area (TPSA) is 26.0 Å². The lowest BCUT2D eigenvalue weighted by Gasteiger charge is -2.07. The number of hydrogen-bond donors (Lipinski definition) is 1. The van der Waals surface area contributed by atoms with Gasteiger partial charge in [-0.3, -0.25) is 0 Å². The number of alkyl halides is 1. The molecule has 0 saturated carbocycles. The van der Waals surface area contributed by atoms with Gasteiger partial charge in [-0.25, -0.2) is 4.39 Å². The Morgan fingerprint density at radius 2 is 2.23 bits per heavy atom. The average Bonchev–Trinajstić information content (AvgIpc) is 2.10. The minimum atomic E-state index is -1.00. The van der Waals surface area contributed by atoms with Gasteiger partial charge in [-0.05, 0) is 46.6 Å². The molecular weight excluding hydrogens is 256 g/mol. The summed E-state index contributed by atoms with van der Waals surface area (Å²) < 4.78 is 14.0. The van der Waals surface area contributed by atoms with E-state index in [1.54, 1.807) is 18.2 Å². The molecule has 0 fully saturated rings. The lowest BCUT2D eigenvalue weighted by molar-refractivity contribution is 0.327. The number of nitrogens with two attached hydrogens (primary N) is 1. The largest absolute Gasteiger partial charge is 0.330 e. The second-order valence-corrected chi connectivity index (χ2v) is 3.98. The quantitative estimate of drug-likeness (QED) is 0.891. The number of rotatable bonds is 3. The Balaban J connectivity index is 2.84.